The van der Waals surface area contributed by atoms with Crippen molar-refractivity contribution in [2.75, 3.05) is 0 Å². The Labute approximate surface area is 132 Å². The average molecular weight is 321 g/mol. The Balaban J connectivity index is 2.36. The number of hydrogen-bond acceptors (Lipinski definition) is 3. The maximum atomic E-state index is 12.7. The van der Waals surface area contributed by atoms with E-state index in [0.717, 1.165) is 5.56 Å². The molecule has 2 rings (SSSR count). The number of nitrogens with one attached hydrogen (secondary N) is 1. The van der Waals surface area contributed by atoms with Crippen LogP contribution in [0.2, 0.25) is 0 Å². The summed E-state index contributed by atoms with van der Waals surface area (Å²) in [6.07, 6.45) is 1.56. The molecule has 0 radical (unpaired) electrons. The van der Waals surface area contributed by atoms with Gasteiger partial charge in [-0.1, -0.05) is 51.1 Å². The second kappa shape index (κ2) is 5.85. The van der Waals surface area contributed by atoms with Crippen LogP contribution in [-0.2, 0) is 22.5 Å². The molecule has 0 saturated carbocycles. The molecule has 0 aliphatic rings. The first-order valence-electron chi connectivity index (χ1n) is 7.22. The smallest absolute Gasteiger partial charge is 0.244 e. The van der Waals surface area contributed by atoms with Crippen LogP contribution >= 0.6 is 0 Å². The van der Waals surface area contributed by atoms with Gasteiger partial charge in [0, 0.05) is 24.7 Å². The Morgan fingerprint density at radius 3 is 2.32 bits per heavy atom. The van der Waals surface area contributed by atoms with Crippen LogP contribution in [-0.4, -0.2) is 18.2 Å². The first-order valence-corrected chi connectivity index (χ1v) is 8.71. The summed E-state index contributed by atoms with van der Waals surface area (Å²) in [5, 5.41) is 4.33. The van der Waals surface area contributed by atoms with Crippen molar-refractivity contribution < 1.29 is 8.42 Å². The van der Waals surface area contributed by atoms with Crippen LogP contribution in [0.5, 0.6) is 0 Å². The summed E-state index contributed by atoms with van der Waals surface area (Å²) < 4.78 is 29.7. The highest BCUT2D eigenvalue weighted by Gasteiger charge is 2.30. The minimum Gasteiger partial charge on any atom is -0.274 e. The van der Waals surface area contributed by atoms with Gasteiger partial charge >= 0.3 is 0 Å². The number of hydrogen-bond donors (Lipinski definition) is 1. The lowest BCUT2D eigenvalue weighted by atomic mass is 9.92. The molecule has 6 heteroatoms. The number of benzene rings is 1. The third-order valence-corrected chi connectivity index (χ3v) is 4.97. The summed E-state index contributed by atoms with van der Waals surface area (Å²) in [5.41, 5.74) is 1.15. The minimum atomic E-state index is -3.63. The molecule has 0 aliphatic heterocycles. The molecule has 1 aromatic heterocycles. The van der Waals surface area contributed by atoms with Crippen LogP contribution < -0.4 is 4.72 Å². The zero-order valence-electron chi connectivity index (χ0n) is 13.7. The van der Waals surface area contributed by atoms with E-state index in [0.29, 0.717) is 5.69 Å². The van der Waals surface area contributed by atoms with E-state index >= 15 is 0 Å². The lowest BCUT2D eigenvalue weighted by Crippen LogP contribution is -2.29. The molecule has 5 nitrogen and oxygen atoms in total. The van der Waals surface area contributed by atoms with E-state index < -0.39 is 10.0 Å². The highest BCUT2D eigenvalue weighted by atomic mass is 32.2. The highest BCUT2D eigenvalue weighted by Crippen LogP contribution is 2.28. The molecule has 22 heavy (non-hydrogen) atoms. The Kier molecular flexibility index (Phi) is 4.44. The quantitative estimate of drug-likeness (QED) is 0.942. The maximum Gasteiger partial charge on any atom is 0.244 e. The van der Waals surface area contributed by atoms with Crippen LogP contribution in [0.15, 0.2) is 41.4 Å². The molecule has 1 aromatic carbocycles. The van der Waals surface area contributed by atoms with Crippen molar-refractivity contribution in [2.45, 2.75) is 44.0 Å². The van der Waals surface area contributed by atoms with Gasteiger partial charge in [0.1, 0.15) is 4.90 Å². The van der Waals surface area contributed by atoms with E-state index in [1.54, 1.807) is 17.9 Å². The van der Waals surface area contributed by atoms with E-state index in [2.05, 4.69) is 9.82 Å². The van der Waals surface area contributed by atoms with Crippen LogP contribution in [0.3, 0.4) is 0 Å². The van der Waals surface area contributed by atoms with Gasteiger partial charge in [0.2, 0.25) is 10.0 Å². The van der Waals surface area contributed by atoms with Gasteiger partial charge in [0.25, 0.3) is 0 Å². The van der Waals surface area contributed by atoms with Gasteiger partial charge in [-0.15, -0.1) is 0 Å². The van der Waals surface area contributed by atoms with E-state index in [4.69, 9.17) is 0 Å². The fourth-order valence-electron chi connectivity index (χ4n) is 2.29. The minimum absolute atomic E-state index is 0.241. The zero-order chi connectivity index (χ0) is 16.5. The maximum absolute atomic E-state index is 12.7. The Bertz CT molecular complexity index is 743. The van der Waals surface area contributed by atoms with E-state index in [1.165, 1.54) is 0 Å². The first-order chi connectivity index (χ1) is 10.1. The summed E-state index contributed by atoms with van der Waals surface area (Å²) in [5.74, 6) is 0. The third-order valence-electron chi connectivity index (χ3n) is 3.43. The standard InChI is InChI=1S/C16H23N3O2S/c1-12(13-9-7-6-8-10-13)18-22(20,21)14-11-19(5)17-15(14)16(2,3)4/h6-12,18H,1-5H3. The zero-order valence-corrected chi connectivity index (χ0v) is 14.5. The van der Waals surface area contributed by atoms with Crippen molar-refractivity contribution in [3.05, 3.63) is 47.8 Å². The molecule has 1 unspecified atom stereocenters. The fraction of sp³-hybridized carbons (Fsp3) is 0.438. The molecule has 0 saturated heterocycles. The summed E-state index contributed by atoms with van der Waals surface area (Å²) >= 11 is 0. The number of rotatable bonds is 4. The van der Waals surface area contributed by atoms with Crippen LogP contribution in [0, 0.1) is 0 Å². The van der Waals surface area contributed by atoms with Crippen molar-refractivity contribution in [1.29, 1.82) is 0 Å². The molecular formula is C16H23N3O2S. The van der Waals surface area contributed by atoms with Gasteiger partial charge in [-0.25, -0.2) is 13.1 Å². The predicted octanol–water partition coefficient (Wildman–Crippen LogP) is 2.76. The van der Waals surface area contributed by atoms with Gasteiger partial charge < -0.3 is 0 Å². The van der Waals surface area contributed by atoms with Gasteiger partial charge in [-0.05, 0) is 12.5 Å². The molecule has 0 bridgehead atoms. The molecule has 0 fully saturated rings. The SMILES string of the molecule is CC(NS(=O)(=O)c1cn(C)nc1C(C)(C)C)c1ccccc1. The average Bonchev–Trinajstić information content (AvgIpc) is 2.82. The Morgan fingerprint density at radius 1 is 1.18 bits per heavy atom. The second-order valence-corrected chi connectivity index (χ2v) is 8.20. The van der Waals surface area contributed by atoms with Crippen molar-refractivity contribution in [1.82, 2.24) is 14.5 Å². The molecular weight excluding hydrogens is 298 g/mol. The number of aromatic nitrogens is 2. The monoisotopic (exact) mass is 321 g/mol. The molecule has 0 spiro atoms. The molecule has 2 aromatic rings. The largest absolute Gasteiger partial charge is 0.274 e. The Morgan fingerprint density at radius 2 is 1.77 bits per heavy atom. The number of nitrogens with zero attached hydrogens (tertiary/aromatic N) is 2. The van der Waals surface area contributed by atoms with Crippen molar-refractivity contribution in [3.8, 4) is 0 Å². The molecule has 120 valence electrons. The van der Waals surface area contributed by atoms with E-state index in [-0.39, 0.29) is 16.4 Å². The van der Waals surface area contributed by atoms with Crippen LogP contribution in [0.1, 0.15) is 45.0 Å². The highest BCUT2D eigenvalue weighted by molar-refractivity contribution is 7.89. The van der Waals surface area contributed by atoms with Crippen molar-refractivity contribution in [2.24, 2.45) is 7.05 Å². The van der Waals surface area contributed by atoms with Crippen molar-refractivity contribution in [3.63, 3.8) is 0 Å². The second-order valence-electron chi connectivity index (χ2n) is 6.52. The van der Waals surface area contributed by atoms with Gasteiger partial charge in [-0.2, -0.15) is 5.10 Å². The molecule has 1 N–H and O–H groups in total. The van der Waals surface area contributed by atoms with Gasteiger partial charge in [0.15, 0.2) is 0 Å². The molecule has 0 aliphatic carbocycles. The predicted molar refractivity (Wildman–Crippen MR) is 87.1 cm³/mol. The number of aryl methyl sites for hydroxylation is 1. The summed E-state index contributed by atoms with van der Waals surface area (Å²) in [6.45, 7) is 7.69. The van der Waals surface area contributed by atoms with E-state index in [1.807, 2.05) is 58.0 Å². The number of sulfonamides is 1. The molecule has 0 amide bonds. The molecule has 1 atom stereocenters. The molecule has 1 heterocycles. The van der Waals surface area contributed by atoms with Crippen LogP contribution in [0.25, 0.3) is 0 Å². The lowest BCUT2D eigenvalue weighted by Gasteiger charge is -2.19. The van der Waals surface area contributed by atoms with Crippen molar-refractivity contribution >= 4 is 10.0 Å². The fourth-order valence-corrected chi connectivity index (χ4v) is 3.91. The van der Waals surface area contributed by atoms with E-state index in [9.17, 15) is 8.42 Å². The summed E-state index contributed by atoms with van der Waals surface area (Å²) in [4.78, 5) is 0.241. The van der Waals surface area contributed by atoms with Gasteiger partial charge in [0.05, 0.1) is 5.69 Å². The normalized spacial score (nSPS) is 14.0. The van der Waals surface area contributed by atoms with Gasteiger partial charge in [-0.3, -0.25) is 4.68 Å². The topological polar surface area (TPSA) is 64.0 Å². The summed E-state index contributed by atoms with van der Waals surface area (Å²) in [6, 6.07) is 9.20. The third kappa shape index (κ3) is 3.56. The van der Waals surface area contributed by atoms with Crippen LogP contribution in [0.4, 0.5) is 0 Å². The summed E-state index contributed by atoms with van der Waals surface area (Å²) in [7, 11) is -1.90. The first kappa shape index (κ1) is 16.7. The lowest BCUT2D eigenvalue weighted by molar-refractivity contribution is 0.532. The Hall–Kier alpha value is -1.66.